The molecule has 0 spiro atoms. The SMILES string of the molecule is CCCCCCC(NCC)C1CCCOC1. The van der Waals surface area contributed by atoms with Crippen LogP contribution in [-0.2, 0) is 4.74 Å². The Kier molecular flexibility index (Phi) is 7.87. The fraction of sp³-hybridized carbons (Fsp3) is 1.00. The van der Waals surface area contributed by atoms with Crippen LogP contribution in [0.2, 0.25) is 0 Å². The Hall–Kier alpha value is -0.0800. The molecule has 0 aliphatic carbocycles. The molecule has 0 saturated carbocycles. The lowest BCUT2D eigenvalue weighted by molar-refractivity contribution is 0.0378. The van der Waals surface area contributed by atoms with Gasteiger partial charge in [-0.25, -0.2) is 0 Å². The molecule has 2 nitrogen and oxygen atoms in total. The van der Waals surface area contributed by atoms with Gasteiger partial charge in [-0.05, 0) is 31.7 Å². The molecular weight excluding hydrogens is 198 g/mol. The average molecular weight is 227 g/mol. The van der Waals surface area contributed by atoms with Crippen molar-refractivity contribution >= 4 is 0 Å². The van der Waals surface area contributed by atoms with E-state index in [-0.39, 0.29) is 0 Å². The van der Waals surface area contributed by atoms with Gasteiger partial charge in [0.15, 0.2) is 0 Å². The van der Waals surface area contributed by atoms with E-state index >= 15 is 0 Å². The number of ether oxygens (including phenoxy) is 1. The topological polar surface area (TPSA) is 21.3 Å². The summed E-state index contributed by atoms with van der Waals surface area (Å²) in [6, 6.07) is 0.696. The maximum atomic E-state index is 5.60. The Balaban J connectivity index is 2.22. The van der Waals surface area contributed by atoms with Crippen molar-refractivity contribution in [1.29, 1.82) is 0 Å². The van der Waals surface area contributed by atoms with E-state index < -0.39 is 0 Å². The summed E-state index contributed by atoms with van der Waals surface area (Å²) in [5.74, 6) is 0.760. The van der Waals surface area contributed by atoms with Gasteiger partial charge >= 0.3 is 0 Å². The van der Waals surface area contributed by atoms with Crippen molar-refractivity contribution in [3.8, 4) is 0 Å². The summed E-state index contributed by atoms with van der Waals surface area (Å²) in [6.45, 7) is 7.53. The van der Waals surface area contributed by atoms with E-state index in [2.05, 4.69) is 19.2 Å². The van der Waals surface area contributed by atoms with E-state index in [9.17, 15) is 0 Å². The lowest BCUT2D eigenvalue weighted by Crippen LogP contribution is -2.40. The highest BCUT2D eigenvalue weighted by Gasteiger charge is 2.22. The summed E-state index contributed by atoms with van der Waals surface area (Å²) in [4.78, 5) is 0. The zero-order valence-corrected chi connectivity index (χ0v) is 11.1. The molecule has 16 heavy (non-hydrogen) atoms. The van der Waals surface area contributed by atoms with Crippen LogP contribution in [0.15, 0.2) is 0 Å². The second-order valence-corrected chi connectivity index (χ2v) is 4.99. The highest BCUT2D eigenvalue weighted by Crippen LogP contribution is 2.21. The maximum Gasteiger partial charge on any atom is 0.0509 e. The first-order valence-corrected chi connectivity index (χ1v) is 7.19. The van der Waals surface area contributed by atoms with Crippen molar-refractivity contribution < 1.29 is 4.74 Å². The van der Waals surface area contributed by atoms with Crippen molar-refractivity contribution in [2.45, 2.75) is 64.8 Å². The van der Waals surface area contributed by atoms with Crippen LogP contribution in [0, 0.1) is 5.92 Å². The molecule has 0 aromatic heterocycles. The summed E-state index contributed by atoms with van der Waals surface area (Å²) < 4.78 is 5.60. The molecule has 1 fully saturated rings. The van der Waals surface area contributed by atoms with E-state index in [0.29, 0.717) is 6.04 Å². The summed E-state index contributed by atoms with van der Waals surface area (Å²) in [6.07, 6.45) is 9.43. The lowest BCUT2D eigenvalue weighted by Gasteiger charge is -2.31. The average Bonchev–Trinajstić information content (AvgIpc) is 2.34. The first-order valence-electron chi connectivity index (χ1n) is 7.19. The smallest absolute Gasteiger partial charge is 0.0509 e. The van der Waals surface area contributed by atoms with Crippen LogP contribution in [0.5, 0.6) is 0 Å². The van der Waals surface area contributed by atoms with E-state index in [0.717, 1.165) is 25.7 Å². The van der Waals surface area contributed by atoms with Gasteiger partial charge in [-0.1, -0.05) is 39.5 Å². The number of hydrogen-bond acceptors (Lipinski definition) is 2. The van der Waals surface area contributed by atoms with Crippen molar-refractivity contribution in [3.63, 3.8) is 0 Å². The zero-order chi connectivity index (χ0) is 11.6. The fourth-order valence-corrected chi connectivity index (χ4v) is 2.64. The van der Waals surface area contributed by atoms with Gasteiger partial charge in [0.25, 0.3) is 0 Å². The van der Waals surface area contributed by atoms with Gasteiger partial charge in [0.05, 0.1) is 6.61 Å². The largest absolute Gasteiger partial charge is 0.381 e. The van der Waals surface area contributed by atoms with Gasteiger partial charge < -0.3 is 10.1 Å². The Labute approximate surface area is 101 Å². The van der Waals surface area contributed by atoms with Crippen LogP contribution in [0.1, 0.15) is 58.8 Å². The highest BCUT2D eigenvalue weighted by atomic mass is 16.5. The Bertz CT molecular complexity index is 155. The van der Waals surface area contributed by atoms with Gasteiger partial charge in [-0.3, -0.25) is 0 Å². The zero-order valence-electron chi connectivity index (χ0n) is 11.1. The summed E-state index contributed by atoms with van der Waals surface area (Å²) in [5.41, 5.74) is 0. The van der Waals surface area contributed by atoms with Gasteiger partial charge in [0, 0.05) is 12.6 Å². The lowest BCUT2D eigenvalue weighted by atomic mass is 9.90. The minimum Gasteiger partial charge on any atom is -0.381 e. The molecular formula is C14H29NO. The molecule has 1 aliphatic rings. The first kappa shape index (κ1) is 14.0. The molecule has 96 valence electrons. The van der Waals surface area contributed by atoms with Crippen LogP contribution in [0.3, 0.4) is 0 Å². The highest BCUT2D eigenvalue weighted by molar-refractivity contribution is 4.78. The second kappa shape index (κ2) is 9.00. The summed E-state index contributed by atoms with van der Waals surface area (Å²) in [5, 5.41) is 3.65. The predicted octanol–water partition coefficient (Wildman–Crippen LogP) is 3.36. The van der Waals surface area contributed by atoms with Crippen molar-refractivity contribution in [1.82, 2.24) is 5.32 Å². The Morgan fingerprint density at radius 3 is 2.75 bits per heavy atom. The third-order valence-corrected chi connectivity index (χ3v) is 3.60. The minimum atomic E-state index is 0.696. The summed E-state index contributed by atoms with van der Waals surface area (Å²) in [7, 11) is 0. The molecule has 1 heterocycles. The molecule has 1 rings (SSSR count). The number of nitrogens with one attached hydrogen (secondary N) is 1. The molecule has 2 heteroatoms. The first-order chi connectivity index (χ1) is 7.88. The van der Waals surface area contributed by atoms with Gasteiger partial charge in [0.1, 0.15) is 0 Å². The molecule has 0 aromatic carbocycles. The molecule has 0 aromatic rings. The van der Waals surface area contributed by atoms with Crippen molar-refractivity contribution in [3.05, 3.63) is 0 Å². The number of hydrogen-bond donors (Lipinski definition) is 1. The van der Waals surface area contributed by atoms with Crippen molar-refractivity contribution in [2.75, 3.05) is 19.8 Å². The Morgan fingerprint density at radius 1 is 1.25 bits per heavy atom. The maximum absolute atomic E-state index is 5.60. The van der Waals surface area contributed by atoms with Gasteiger partial charge in [0.2, 0.25) is 0 Å². The molecule has 1 aliphatic heterocycles. The summed E-state index contributed by atoms with van der Waals surface area (Å²) >= 11 is 0. The second-order valence-electron chi connectivity index (χ2n) is 4.99. The third kappa shape index (κ3) is 5.31. The van der Waals surface area contributed by atoms with Crippen LogP contribution in [0.25, 0.3) is 0 Å². The number of unbranched alkanes of at least 4 members (excludes halogenated alkanes) is 3. The molecule has 0 bridgehead atoms. The normalized spacial score (nSPS) is 23.2. The Morgan fingerprint density at radius 2 is 2.12 bits per heavy atom. The molecule has 2 unspecified atom stereocenters. The van der Waals surface area contributed by atoms with Gasteiger partial charge in [-0.2, -0.15) is 0 Å². The van der Waals surface area contributed by atoms with E-state index in [1.54, 1.807) is 0 Å². The predicted molar refractivity (Wildman–Crippen MR) is 69.8 cm³/mol. The van der Waals surface area contributed by atoms with E-state index in [1.165, 1.54) is 44.9 Å². The minimum absolute atomic E-state index is 0.696. The third-order valence-electron chi connectivity index (χ3n) is 3.60. The van der Waals surface area contributed by atoms with Crippen LogP contribution < -0.4 is 5.32 Å². The molecule has 1 N–H and O–H groups in total. The molecule has 0 radical (unpaired) electrons. The van der Waals surface area contributed by atoms with Crippen LogP contribution in [-0.4, -0.2) is 25.8 Å². The molecule has 2 atom stereocenters. The van der Waals surface area contributed by atoms with E-state index in [4.69, 9.17) is 4.74 Å². The number of rotatable bonds is 8. The molecule has 0 amide bonds. The standard InChI is InChI=1S/C14H29NO/c1-3-5-6-7-10-14(15-4-2)13-9-8-11-16-12-13/h13-15H,3-12H2,1-2H3. The quantitative estimate of drug-likeness (QED) is 0.642. The van der Waals surface area contributed by atoms with Gasteiger partial charge in [-0.15, -0.1) is 0 Å². The fourth-order valence-electron chi connectivity index (χ4n) is 2.64. The molecule has 1 saturated heterocycles. The van der Waals surface area contributed by atoms with E-state index in [1.807, 2.05) is 0 Å². The van der Waals surface area contributed by atoms with Crippen LogP contribution in [0.4, 0.5) is 0 Å². The van der Waals surface area contributed by atoms with Crippen LogP contribution >= 0.6 is 0 Å². The van der Waals surface area contributed by atoms with Crippen molar-refractivity contribution in [2.24, 2.45) is 5.92 Å². The monoisotopic (exact) mass is 227 g/mol.